The van der Waals surface area contributed by atoms with Gasteiger partial charge in [-0.25, -0.2) is 0 Å². The Bertz CT molecular complexity index is 578. The number of hydrogen-bond acceptors (Lipinski definition) is 2. The summed E-state index contributed by atoms with van der Waals surface area (Å²) in [5.74, 6) is 0. The van der Waals surface area contributed by atoms with Crippen molar-refractivity contribution in [2.45, 2.75) is 33.4 Å². The van der Waals surface area contributed by atoms with Crippen LogP contribution in [0, 0.1) is 6.92 Å². The van der Waals surface area contributed by atoms with Crippen molar-refractivity contribution in [3.8, 4) is 0 Å². The Morgan fingerprint density at radius 1 is 1.42 bits per heavy atom. The molecular formula is C14H17BrClN3. The summed E-state index contributed by atoms with van der Waals surface area (Å²) in [5.41, 5.74) is 3.11. The Morgan fingerprint density at radius 2 is 2.16 bits per heavy atom. The molecule has 0 aliphatic rings. The summed E-state index contributed by atoms with van der Waals surface area (Å²) in [6, 6.07) is 6.22. The summed E-state index contributed by atoms with van der Waals surface area (Å²) < 4.78 is 2.99. The van der Waals surface area contributed by atoms with Crippen LogP contribution < -0.4 is 5.32 Å². The lowest BCUT2D eigenvalue weighted by Crippen LogP contribution is -2.01. The molecule has 1 aromatic heterocycles. The van der Waals surface area contributed by atoms with E-state index in [0.29, 0.717) is 12.6 Å². The van der Waals surface area contributed by atoms with E-state index in [4.69, 9.17) is 11.6 Å². The lowest BCUT2D eigenvalue weighted by Gasteiger charge is -2.07. The molecular weight excluding hydrogens is 326 g/mol. The van der Waals surface area contributed by atoms with Crippen LogP contribution in [0.1, 0.15) is 31.1 Å². The smallest absolute Gasteiger partial charge is 0.0825 e. The van der Waals surface area contributed by atoms with Gasteiger partial charge in [0.25, 0.3) is 0 Å². The summed E-state index contributed by atoms with van der Waals surface area (Å²) in [7, 11) is 0. The van der Waals surface area contributed by atoms with Crippen molar-refractivity contribution in [3.05, 3.63) is 45.1 Å². The molecule has 1 aromatic carbocycles. The van der Waals surface area contributed by atoms with Crippen LogP contribution in [-0.2, 0) is 6.54 Å². The summed E-state index contributed by atoms with van der Waals surface area (Å²) in [4.78, 5) is 0. The van der Waals surface area contributed by atoms with Gasteiger partial charge in [-0.05, 0) is 44.5 Å². The van der Waals surface area contributed by atoms with E-state index < -0.39 is 0 Å². The van der Waals surface area contributed by atoms with E-state index in [0.717, 1.165) is 26.4 Å². The minimum atomic E-state index is 0.365. The number of aromatic nitrogens is 2. The average molecular weight is 343 g/mol. The summed E-state index contributed by atoms with van der Waals surface area (Å²) in [6.45, 7) is 6.91. The van der Waals surface area contributed by atoms with Crippen LogP contribution in [-0.4, -0.2) is 9.78 Å². The average Bonchev–Trinajstić information content (AvgIpc) is 2.72. The first-order chi connectivity index (χ1) is 8.97. The number of nitrogens with one attached hydrogen (secondary N) is 1. The maximum atomic E-state index is 6.18. The zero-order valence-electron chi connectivity index (χ0n) is 11.2. The number of nitrogens with zero attached hydrogens (tertiary/aromatic N) is 2. The summed E-state index contributed by atoms with van der Waals surface area (Å²) in [5, 5.41) is 8.63. The molecule has 0 aliphatic heterocycles. The molecule has 0 amide bonds. The number of rotatable bonds is 4. The maximum absolute atomic E-state index is 6.18. The van der Waals surface area contributed by atoms with Gasteiger partial charge in [0.05, 0.1) is 11.4 Å². The van der Waals surface area contributed by atoms with E-state index >= 15 is 0 Å². The normalized spacial score (nSPS) is 11.1. The predicted octanol–water partition coefficient (Wildman–Crippen LogP) is 4.80. The Hall–Kier alpha value is -1.000. The third kappa shape index (κ3) is 3.51. The van der Waals surface area contributed by atoms with Crippen LogP contribution in [0.15, 0.2) is 28.9 Å². The molecule has 0 aliphatic carbocycles. The molecule has 0 bridgehead atoms. The van der Waals surface area contributed by atoms with E-state index in [1.54, 1.807) is 0 Å². The van der Waals surface area contributed by atoms with Gasteiger partial charge in [0, 0.05) is 28.3 Å². The topological polar surface area (TPSA) is 29.9 Å². The Kier molecular flexibility index (Phi) is 4.53. The van der Waals surface area contributed by atoms with Gasteiger partial charge in [0.2, 0.25) is 0 Å². The molecule has 1 heterocycles. The van der Waals surface area contributed by atoms with E-state index in [9.17, 15) is 0 Å². The van der Waals surface area contributed by atoms with Crippen molar-refractivity contribution in [2.75, 3.05) is 5.32 Å². The van der Waals surface area contributed by atoms with Crippen molar-refractivity contribution >= 4 is 33.2 Å². The van der Waals surface area contributed by atoms with Crippen LogP contribution >= 0.6 is 27.5 Å². The predicted molar refractivity (Wildman–Crippen MR) is 83.8 cm³/mol. The highest BCUT2D eigenvalue weighted by atomic mass is 79.9. The van der Waals surface area contributed by atoms with Crippen LogP contribution in [0.5, 0.6) is 0 Å². The molecule has 0 saturated carbocycles. The molecule has 0 fully saturated rings. The summed E-state index contributed by atoms with van der Waals surface area (Å²) in [6.07, 6.45) is 2.03. The highest BCUT2D eigenvalue weighted by molar-refractivity contribution is 9.10. The maximum Gasteiger partial charge on any atom is 0.0825 e. The van der Waals surface area contributed by atoms with Crippen molar-refractivity contribution < 1.29 is 0 Å². The van der Waals surface area contributed by atoms with Crippen LogP contribution in [0.3, 0.4) is 0 Å². The quantitative estimate of drug-likeness (QED) is 0.865. The van der Waals surface area contributed by atoms with Crippen molar-refractivity contribution in [2.24, 2.45) is 0 Å². The second kappa shape index (κ2) is 5.97. The van der Waals surface area contributed by atoms with Gasteiger partial charge in [0.1, 0.15) is 0 Å². The first kappa shape index (κ1) is 14.4. The number of benzene rings is 1. The standard InChI is InChI=1S/C14H17BrClN3/c1-9(2)19-8-14(10(3)18-19)17-7-11-6-12(15)4-5-13(11)16/h4-6,8-9,17H,7H2,1-3H3. The van der Waals surface area contributed by atoms with Crippen LogP contribution in [0.25, 0.3) is 0 Å². The van der Waals surface area contributed by atoms with Crippen molar-refractivity contribution in [1.82, 2.24) is 9.78 Å². The molecule has 1 N–H and O–H groups in total. The molecule has 2 aromatic rings. The fourth-order valence-corrected chi connectivity index (χ4v) is 2.38. The Morgan fingerprint density at radius 3 is 2.79 bits per heavy atom. The molecule has 0 spiro atoms. The molecule has 102 valence electrons. The SMILES string of the molecule is Cc1nn(C(C)C)cc1NCc1cc(Br)ccc1Cl. The lowest BCUT2D eigenvalue weighted by molar-refractivity contribution is 0.529. The Balaban J connectivity index is 2.12. The number of aryl methyl sites for hydroxylation is 1. The molecule has 0 radical (unpaired) electrons. The molecule has 0 unspecified atom stereocenters. The highest BCUT2D eigenvalue weighted by Crippen LogP contribution is 2.23. The van der Waals surface area contributed by atoms with Crippen LogP contribution in [0.4, 0.5) is 5.69 Å². The first-order valence-corrected chi connectivity index (χ1v) is 7.38. The summed E-state index contributed by atoms with van der Waals surface area (Å²) >= 11 is 9.63. The second-order valence-corrected chi connectivity index (χ2v) is 6.11. The largest absolute Gasteiger partial charge is 0.378 e. The molecule has 19 heavy (non-hydrogen) atoms. The van der Waals surface area contributed by atoms with E-state index in [1.807, 2.05) is 36.0 Å². The molecule has 5 heteroatoms. The molecule has 0 atom stereocenters. The minimum Gasteiger partial charge on any atom is -0.378 e. The van der Waals surface area contributed by atoms with Crippen molar-refractivity contribution in [3.63, 3.8) is 0 Å². The highest BCUT2D eigenvalue weighted by Gasteiger charge is 2.08. The molecule has 2 rings (SSSR count). The van der Waals surface area contributed by atoms with Gasteiger partial charge in [0.15, 0.2) is 0 Å². The van der Waals surface area contributed by atoms with Gasteiger partial charge in [-0.3, -0.25) is 4.68 Å². The van der Waals surface area contributed by atoms with Gasteiger partial charge >= 0.3 is 0 Å². The monoisotopic (exact) mass is 341 g/mol. The number of halogens is 2. The van der Waals surface area contributed by atoms with Gasteiger partial charge in [-0.15, -0.1) is 0 Å². The van der Waals surface area contributed by atoms with Crippen LogP contribution in [0.2, 0.25) is 5.02 Å². The lowest BCUT2D eigenvalue weighted by atomic mass is 10.2. The zero-order valence-corrected chi connectivity index (χ0v) is 13.6. The number of hydrogen-bond donors (Lipinski definition) is 1. The van der Waals surface area contributed by atoms with Gasteiger partial charge < -0.3 is 5.32 Å². The van der Waals surface area contributed by atoms with E-state index in [2.05, 4.69) is 40.2 Å². The Labute approximate surface area is 127 Å². The molecule has 0 saturated heterocycles. The minimum absolute atomic E-state index is 0.365. The van der Waals surface area contributed by atoms with Gasteiger partial charge in [-0.2, -0.15) is 5.10 Å². The second-order valence-electron chi connectivity index (χ2n) is 4.79. The zero-order chi connectivity index (χ0) is 14.0. The fourth-order valence-electron chi connectivity index (χ4n) is 1.79. The third-order valence-electron chi connectivity index (χ3n) is 2.92. The van der Waals surface area contributed by atoms with E-state index in [1.165, 1.54) is 0 Å². The third-order valence-corrected chi connectivity index (χ3v) is 3.78. The molecule has 3 nitrogen and oxygen atoms in total. The van der Waals surface area contributed by atoms with Crippen molar-refractivity contribution in [1.29, 1.82) is 0 Å². The van der Waals surface area contributed by atoms with E-state index in [-0.39, 0.29) is 0 Å². The number of anilines is 1. The van der Waals surface area contributed by atoms with Gasteiger partial charge in [-0.1, -0.05) is 27.5 Å². The fraction of sp³-hybridized carbons (Fsp3) is 0.357. The first-order valence-electron chi connectivity index (χ1n) is 6.21.